The summed E-state index contributed by atoms with van der Waals surface area (Å²) in [6.45, 7) is 9.82. The monoisotopic (exact) mass is 354 g/mol. The number of hydrogen-bond donors (Lipinski definition) is 0. The fourth-order valence-electron chi connectivity index (χ4n) is 3.27. The summed E-state index contributed by atoms with van der Waals surface area (Å²) in [5, 5.41) is 0. The van der Waals surface area contributed by atoms with Crippen molar-refractivity contribution in [3.05, 3.63) is 47.6 Å². The molecule has 0 spiro atoms. The van der Waals surface area contributed by atoms with Crippen LogP contribution in [0, 0.1) is 16.7 Å². The van der Waals surface area contributed by atoms with Gasteiger partial charge >= 0.3 is 132 Å². The van der Waals surface area contributed by atoms with E-state index in [1.807, 2.05) is 0 Å². The first-order valence-corrected chi connectivity index (χ1v) is 10.8. The summed E-state index contributed by atoms with van der Waals surface area (Å²) < 4.78 is 5.76. The molecule has 0 aromatic rings. The van der Waals surface area contributed by atoms with E-state index in [0.717, 1.165) is 6.61 Å². The SMILES string of the molecule is CC1=CC=CC1(C)C(C[O][Zr][Cl])C1(C)C=CC=C1C. The molecule has 2 unspecified atom stereocenters. The van der Waals surface area contributed by atoms with Crippen LogP contribution in [-0.2, 0) is 25.3 Å². The molecule has 102 valence electrons. The standard InChI is InChI=1S/C16H21O.ClH.Zr/c1-12-7-5-9-15(12,3)14(11-17)16(4)10-6-8-13(16)2;;/h5-10,14H,11H2,1-4H3;1H;/q-1;;+2/p-1. The molecule has 2 aliphatic carbocycles. The average molecular weight is 356 g/mol. The third-order valence-corrected chi connectivity index (χ3v) is 6.35. The third-order valence-electron chi connectivity index (χ3n) is 5.03. The molecule has 0 heterocycles. The molecule has 0 aromatic heterocycles. The summed E-state index contributed by atoms with van der Waals surface area (Å²) in [6.07, 6.45) is 13.4. The molecule has 0 N–H and O–H groups in total. The minimum atomic E-state index is -1.14. The van der Waals surface area contributed by atoms with Gasteiger partial charge in [0.25, 0.3) is 0 Å². The van der Waals surface area contributed by atoms with E-state index in [0.29, 0.717) is 5.92 Å². The van der Waals surface area contributed by atoms with E-state index in [-0.39, 0.29) is 10.8 Å². The molecule has 0 bridgehead atoms. The van der Waals surface area contributed by atoms with Gasteiger partial charge in [-0.3, -0.25) is 0 Å². The molecule has 2 rings (SSSR count). The Morgan fingerprint density at radius 3 is 1.89 bits per heavy atom. The Balaban J connectivity index is 2.37. The van der Waals surface area contributed by atoms with Gasteiger partial charge in [-0.2, -0.15) is 0 Å². The predicted molar refractivity (Wildman–Crippen MR) is 77.3 cm³/mol. The molecule has 2 aliphatic rings. The zero-order valence-corrected chi connectivity index (χ0v) is 15.2. The van der Waals surface area contributed by atoms with Crippen molar-refractivity contribution in [2.45, 2.75) is 27.7 Å². The van der Waals surface area contributed by atoms with Crippen molar-refractivity contribution in [1.82, 2.24) is 0 Å². The fourth-order valence-corrected chi connectivity index (χ4v) is 4.21. The second kappa shape index (κ2) is 5.84. The van der Waals surface area contributed by atoms with Gasteiger partial charge < -0.3 is 0 Å². The molecule has 0 radical (unpaired) electrons. The molecule has 1 nitrogen and oxygen atoms in total. The van der Waals surface area contributed by atoms with Crippen LogP contribution in [0.4, 0.5) is 0 Å². The zero-order valence-electron chi connectivity index (χ0n) is 12.0. The first kappa shape index (κ1) is 15.5. The summed E-state index contributed by atoms with van der Waals surface area (Å²) in [7, 11) is 5.91. The third kappa shape index (κ3) is 2.64. The minimum absolute atomic E-state index is 0.0595. The van der Waals surface area contributed by atoms with Crippen LogP contribution >= 0.6 is 8.51 Å². The quantitative estimate of drug-likeness (QED) is 0.687. The van der Waals surface area contributed by atoms with Gasteiger partial charge in [0, 0.05) is 0 Å². The van der Waals surface area contributed by atoms with Crippen LogP contribution in [0.1, 0.15) is 27.7 Å². The number of rotatable bonds is 5. The Kier molecular flexibility index (Phi) is 4.76. The molecule has 0 saturated carbocycles. The Labute approximate surface area is 132 Å². The average Bonchev–Trinajstić information content (AvgIpc) is 2.86. The normalized spacial score (nSPS) is 34.4. The van der Waals surface area contributed by atoms with Gasteiger partial charge in [0.05, 0.1) is 0 Å². The Morgan fingerprint density at radius 1 is 1.11 bits per heavy atom. The molecule has 19 heavy (non-hydrogen) atoms. The van der Waals surface area contributed by atoms with Crippen molar-refractivity contribution in [1.29, 1.82) is 0 Å². The second-order valence-corrected chi connectivity index (χ2v) is 7.93. The van der Waals surface area contributed by atoms with Crippen molar-refractivity contribution >= 4 is 8.51 Å². The zero-order chi connectivity index (χ0) is 14.1. The van der Waals surface area contributed by atoms with Crippen molar-refractivity contribution < 1.29 is 25.3 Å². The summed E-state index contributed by atoms with van der Waals surface area (Å²) in [6, 6.07) is 0. The van der Waals surface area contributed by atoms with E-state index in [2.05, 4.69) is 64.2 Å². The van der Waals surface area contributed by atoms with Crippen LogP contribution in [0.2, 0.25) is 0 Å². The summed E-state index contributed by atoms with van der Waals surface area (Å²) in [5.41, 5.74) is 2.94. The first-order chi connectivity index (χ1) is 8.95. The second-order valence-electron chi connectivity index (χ2n) is 5.92. The van der Waals surface area contributed by atoms with E-state index in [1.54, 1.807) is 0 Å². The van der Waals surface area contributed by atoms with Gasteiger partial charge in [-0.15, -0.1) is 0 Å². The van der Waals surface area contributed by atoms with Crippen LogP contribution in [-0.4, -0.2) is 6.61 Å². The van der Waals surface area contributed by atoms with E-state index in [4.69, 9.17) is 11.3 Å². The fraction of sp³-hybridized carbons (Fsp3) is 0.500. The Bertz CT molecular complexity index is 437. The van der Waals surface area contributed by atoms with Gasteiger partial charge in [0.1, 0.15) is 0 Å². The van der Waals surface area contributed by atoms with E-state index < -0.39 is 22.5 Å². The molecule has 2 atom stereocenters. The molecule has 0 fully saturated rings. The summed E-state index contributed by atoms with van der Waals surface area (Å²) in [5.74, 6) is 0.393. The molecule has 3 heteroatoms. The summed E-state index contributed by atoms with van der Waals surface area (Å²) >= 11 is -1.14. The predicted octanol–water partition coefficient (Wildman–Crippen LogP) is 4.82. The molecular weight excluding hydrogens is 335 g/mol. The van der Waals surface area contributed by atoms with E-state index in [9.17, 15) is 0 Å². The van der Waals surface area contributed by atoms with Crippen molar-refractivity contribution in [2.75, 3.05) is 6.61 Å². The van der Waals surface area contributed by atoms with Gasteiger partial charge in [-0.05, 0) is 0 Å². The van der Waals surface area contributed by atoms with Crippen molar-refractivity contribution in [2.24, 2.45) is 16.7 Å². The number of hydrogen-bond acceptors (Lipinski definition) is 1. The topological polar surface area (TPSA) is 9.23 Å². The summed E-state index contributed by atoms with van der Waals surface area (Å²) in [4.78, 5) is 0. The molecule has 0 saturated heterocycles. The molecular formula is C16H21ClOZr. The van der Waals surface area contributed by atoms with Crippen LogP contribution < -0.4 is 0 Å². The maximum atomic E-state index is 5.91. The molecule has 0 amide bonds. The molecule has 0 aliphatic heterocycles. The Hall–Kier alpha value is 0.0931. The number of halogens is 1. The molecule has 0 aromatic carbocycles. The number of allylic oxidation sites excluding steroid dienone is 8. The van der Waals surface area contributed by atoms with Crippen LogP contribution in [0.15, 0.2) is 47.6 Å². The van der Waals surface area contributed by atoms with Crippen LogP contribution in [0.5, 0.6) is 0 Å². The van der Waals surface area contributed by atoms with Gasteiger partial charge in [-0.25, -0.2) is 0 Å². The van der Waals surface area contributed by atoms with Gasteiger partial charge in [0.2, 0.25) is 0 Å². The van der Waals surface area contributed by atoms with Crippen molar-refractivity contribution in [3.8, 4) is 0 Å². The first-order valence-electron chi connectivity index (χ1n) is 6.66. The van der Waals surface area contributed by atoms with Crippen molar-refractivity contribution in [3.63, 3.8) is 0 Å². The van der Waals surface area contributed by atoms with Gasteiger partial charge in [0.15, 0.2) is 0 Å². The van der Waals surface area contributed by atoms with Crippen LogP contribution in [0.3, 0.4) is 0 Å². The van der Waals surface area contributed by atoms with E-state index in [1.165, 1.54) is 11.1 Å². The maximum absolute atomic E-state index is 5.91. The van der Waals surface area contributed by atoms with E-state index >= 15 is 0 Å². The van der Waals surface area contributed by atoms with Crippen LogP contribution in [0.25, 0.3) is 0 Å². The van der Waals surface area contributed by atoms with Gasteiger partial charge in [-0.1, -0.05) is 0 Å². The Morgan fingerprint density at radius 2 is 1.58 bits per heavy atom.